The summed E-state index contributed by atoms with van der Waals surface area (Å²) in [6.45, 7) is 0. The zero-order valence-electron chi connectivity index (χ0n) is 25.9. The molecule has 0 bridgehead atoms. The van der Waals surface area contributed by atoms with Gasteiger partial charge in [-0.3, -0.25) is 0 Å². The first-order valence-corrected chi connectivity index (χ1v) is 16.9. The monoisotopic (exact) mass is 650 g/mol. The van der Waals surface area contributed by atoms with Crippen LogP contribution in [0.25, 0.3) is 87.6 Å². The van der Waals surface area contributed by atoms with Crippen LogP contribution in [0.15, 0.2) is 170 Å². The Hall–Kier alpha value is -5.40. The van der Waals surface area contributed by atoms with Gasteiger partial charge < -0.3 is 0 Å². The highest BCUT2D eigenvalue weighted by atomic mass is 35.5. The van der Waals surface area contributed by atoms with Crippen LogP contribution in [-0.4, -0.2) is 0 Å². The van der Waals surface area contributed by atoms with Crippen LogP contribution in [0.2, 0.25) is 10.0 Å². The van der Waals surface area contributed by atoms with Crippen LogP contribution in [0, 0.1) is 0 Å². The van der Waals surface area contributed by atoms with E-state index in [2.05, 4.69) is 146 Å². The zero-order chi connectivity index (χ0) is 32.2. The molecule has 0 aliphatic carbocycles. The molecule has 0 atom stereocenters. The van der Waals surface area contributed by atoms with Crippen LogP contribution < -0.4 is 0 Å². The van der Waals surface area contributed by atoms with Gasteiger partial charge in [-0.1, -0.05) is 163 Å². The van der Waals surface area contributed by atoms with Crippen molar-refractivity contribution in [3.05, 3.63) is 180 Å². The van der Waals surface area contributed by atoms with Gasteiger partial charge in [0.2, 0.25) is 0 Å². The van der Waals surface area contributed by atoms with Gasteiger partial charge >= 0.3 is 0 Å². The lowest BCUT2D eigenvalue weighted by Crippen LogP contribution is -1.92. The summed E-state index contributed by atoms with van der Waals surface area (Å²) in [6, 6.07) is 60.7. The van der Waals surface area contributed by atoms with Gasteiger partial charge in [0.05, 0.1) is 0 Å². The topological polar surface area (TPSA) is 0 Å². The molecule has 0 nitrogen and oxygen atoms in total. The van der Waals surface area contributed by atoms with Gasteiger partial charge in [-0.25, -0.2) is 0 Å². The predicted octanol–water partition coefficient (Wildman–Crippen LogP) is 14.3. The van der Waals surface area contributed by atoms with Crippen molar-refractivity contribution in [3.63, 3.8) is 0 Å². The van der Waals surface area contributed by atoms with Gasteiger partial charge in [0.15, 0.2) is 0 Å². The highest BCUT2D eigenvalue weighted by molar-refractivity contribution is 6.31. The minimum atomic E-state index is 0.738. The van der Waals surface area contributed by atoms with Crippen LogP contribution >= 0.6 is 23.2 Å². The van der Waals surface area contributed by atoms with Crippen LogP contribution in [0.1, 0.15) is 0 Å². The van der Waals surface area contributed by atoms with Crippen LogP contribution in [0.4, 0.5) is 0 Å². The van der Waals surface area contributed by atoms with E-state index >= 15 is 0 Å². The van der Waals surface area contributed by atoms with Gasteiger partial charge in [-0.15, -0.1) is 0 Å². The summed E-state index contributed by atoms with van der Waals surface area (Å²) < 4.78 is 0. The van der Waals surface area contributed by atoms with E-state index in [1.165, 1.54) is 76.5 Å². The largest absolute Gasteiger partial charge is 0.0843 e. The van der Waals surface area contributed by atoms with Crippen molar-refractivity contribution in [1.82, 2.24) is 0 Å². The Morgan fingerprint density at radius 2 is 0.479 bits per heavy atom. The van der Waals surface area contributed by atoms with E-state index < -0.39 is 0 Å². The summed E-state index contributed by atoms with van der Waals surface area (Å²) in [5.74, 6) is 0. The first-order valence-electron chi connectivity index (χ1n) is 16.2. The van der Waals surface area contributed by atoms with Crippen LogP contribution in [0.5, 0.6) is 0 Å². The number of benzene rings is 9. The summed E-state index contributed by atoms with van der Waals surface area (Å²) in [5.41, 5.74) is 9.64. The lowest BCUT2D eigenvalue weighted by molar-refractivity contribution is 1.63. The molecular weight excluding hydrogens is 623 g/mol. The maximum atomic E-state index is 6.32. The molecule has 0 aromatic heterocycles. The first kappa shape index (κ1) is 28.8. The molecule has 2 heteroatoms. The van der Waals surface area contributed by atoms with Gasteiger partial charge in [0, 0.05) is 10.0 Å². The smallest absolute Gasteiger partial charge is 0.0406 e. The fourth-order valence-electron chi connectivity index (χ4n) is 7.56. The fraction of sp³-hybridized carbons (Fsp3) is 0. The van der Waals surface area contributed by atoms with Crippen molar-refractivity contribution < 1.29 is 0 Å². The Bertz CT molecular complexity index is 2370. The number of hydrogen-bond donors (Lipinski definition) is 0. The molecule has 0 spiro atoms. The Balaban J connectivity index is 1.34. The first-order chi connectivity index (χ1) is 23.7. The highest BCUT2D eigenvalue weighted by Gasteiger charge is 2.19. The third-order valence-corrected chi connectivity index (χ3v) is 10.1. The summed E-state index contributed by atoms with van der Waals surface area (Å²) in [4.78, 5) is 0. The molecule has 48 heavy (non-hydrogen) atoms. The van der Waals surface area contributed by atoms with Gasteiger partial charge in [0.25, 0.3) is 0 Å². The Morgan fingerprint density at radius 3 is 0.750 bits per heavy atom. The number of rotatable bonds is 4. The highest BCUT2D eigenvalue weighted by Crippen LogP contribution is 2.47. The minimum absolute atomic E-state index is 0.738. The van der Waals surface area contributed by atoms with E-state index in [9.17, 15) is 0 Å². The van der Waals surface area contributed by atoms with Crippen molar-refractivity contribution in [2.24, 2.45) is 0 Å². The van der Waals surface area contributed by atoms with Gasteiger partial charge in [-0.2, -0.15) is 0 Å². The molecule has 0 aliphatic rings. The van der Waals surface area contributed by atoms with Crippen molar-refractivity contribution in [2.45, 2.75) is 0 Å². The molecule has 0 heterocycles. The van der Waals surface area contributed by atoms with Gasteiger partial charge in [-0.05, 0) is 118 Å². The molecule has 0 saturated carbocycles. The average molecular weight is 652 g/mol. The van der Waals surface area contributed by atoms with E-state index in [-0.39, 0.29) is 0 Å². The second-order valence-corrected chi connectivity index (χ2v) is 13.1. The Morgan fingerprint density at radius 1 is 0.229 bits per heavy atom. The van der Waals surface area contributed by atoms with Crippen molar-refractivity contribution >= 4 is 66.3 Å². The second kappa shape index (κ2) is 11.7. The molecule has 226 valence electrons. The Kier molecular flexibility index (Phi) is 7.01. The summed E-state index contributed by atoms with van der Waals surface area (Å²) in [7, 11) is 0. The van der Waals surface area contributed by atoms with Crippen LogP contribution in [0.3, 0.4) is 0 Å². The SMILES string of the molecule is Clc1ccc(-c2c3ccccc3c(-c3cccc(-c4c5ccccc5c(-c5ccc(Cl)cc5)c5ccccc45)c3)c3ccccc23)cc1. The van der Waals surface area contributed by atoms with Gasteiger partial charge in [0.1, 0.15) is 0 Å². The van der Waals surface area contributed by atoms with E-state index in [0.29, 0.717) is 0 Å². The molecule has 0 fully saturated rings. The van der Waals surface area contributed by atoms with E-state index in [1.54, 1.807) is 0 Å². The molecule has 0 radical (unpaired) electrons. The molecule has 9 aromatic carbocycles. The zero-order valence-corrected chi connectivity index (χ0v) is 27.4. The Labute approximate surface area is 289 Å². The quantitative estimate of drug-likeness (QED) is 0.166. The normalized spacial score (nSPS) is 11.5. The standard InChI is InChI=1S/C46H28Cl2/c47-33-24-20-29(21-25-33)43-35-12-1-5-16-39(35)45(40-17-6-2-13-36(40)43)31-10-9-11-32(28-31)46-41-18-7-3-14-37(41)44(30-22-26-34(48)27-23-30)38-15-4-8-19-42(38)46/h1-28H. The maximum Gasteiger partial charge on any atom is 0.0406 e. The molecule has 9 aromatic rings. The van der Waals surface area contributed by atoms with Crippen LogP contribution in [-0.2, 0) is 0 Å². The summed E-state index contributed by atoms with van der Waals surface area (Å²) in [6.07, 6.45) is 0. The number of fused-ring (bicyclic) bond motifs is 4. The molecule has 0 aliphatic heterocycles. The maximum absolute atomic E-state index is 6.32. The minimum Gasteiger partial charge on any atom is -0.0843 e. The number of halogens is 2. The predicted molar refractivity (Wildman–Crippen MR) is 208 cm³/mol. The molecule has 0 N–H and O–H groups in total. The lowest BCUT2D eigenvalue weighted by Gasteiger charge is -2.20. The third kappa shape index (κ3) is 4.68. The van der Waals surface area contributed by atoms with Crippen molar-refractivity contribution in [1.29, 1.82) is 0 Å². The average Bonchev–Trinajstić information content (AvgIpc) is 3.14. The summed E-state index contributed by atoms with van der Waals surface area (Å²) in [5, 5.41) is 11.3. The molecular formula is C46H28Cl2. The van der Waals surface area contributed by atoms with E-state index in [0.717, 1.165) is 21.2 Å². The molecule has 0 unspecified atom stereocenters. The lowest BCUT2D eigenvalue weighted by atomic mass is 9.83. The second-order valence-electron chi connectivity index (χ2n) is 12.3. The molecule has 9 rings (SSSR count). The van der Waals surface area contributed by atoms with E-state index in [1.807, 2.05) is 24.3 Å². The third-order valence-electron chi connectivity index (χ3n) is 9.57. The van der Waals surface area contributed by atoms with Crippen molar-refractivity contribution in [2.75, 3.05) is 0 Å². The fourth-order valence-corrected chi connectivity index (χ4v) is 7.82. The summed E-state index contributed by atoms with van der Waals surface area (Å²) >= 11 is 12.6. The molecule has 0 amide bonds. The van der Waals surface area contributed by atoms with Crippen molar-refractivity contribution in [3.8, 4) is 44.5 Å². The van der Waals surface area contributed by atoms with E-state index in [4.69, 9.17) is 23.2 Å². The molecule has 0 saturated heterocycles. The number of hydrogen-bond acceptors (Lipinski definition) is 0.